The molecule has 2 heterocycles. The molecule has 0 saturated carbocycles. The number of nitrogens with zero attached hydrogens (tertiary/aromatic N) is 3. The molecule has 0 aromatic carbocycles. The number of hydrogen-bond donors (Lipinski definition) is 1. The van der Waals surface area contributed by atoms with Crippen LogP contribution < -0.4 is 10.6 Å². The molecule has 1 unspecified atom stereocenters. The van der Waals surface area contributed by atoms with Crippen molar-refractivity contribution < 1.29 is 0 Å². The predicted molar refractivity (Wildman–Crippen MR) is 57.1 cm³/mol. The van der Waals surface area contributed by atoms with E-state index in [9.17, 15) is 0 Å². The topological polar surface area (TPSA) is 55.0 Å². The number of aromatic nitrogens is 2. The predicted octanol–water partition coefficient (Wildman–Crippen LogP) is 1.30. The highest BCUT2D eigenvalue weighted by atomic mass is 15.2. The maximum atomic E-state index is 5.60. The standard InChI is InChI=1S/C10H16N4/c1-8-3-2-4-14(7-8)10-6-12-5-9(11)13-10/h5-6,8H,2-4,7H2,1H3,(H2,11,13). The number of hydrogen-bond acceptors (Lipinski definition) is 4. The van der Waals surface area contributed by atoms with Gasteiger partial charge in [-0.3, -0.25) is 4.98 Å². The molecule has 0 bridgehead atoms. The lowest BCUT2D eigenvalue weighted by molar-refractivity contribution is 0.444. The van der Waals surface area contributed by atoms with Crippen LogP contribution in [0.15, 0.2) is 12.4 Å². The molecular formula is C10H16N4. The second-order valence-corrected chi connectivity index (χ2v) is 4.00. The van der Waals surface area contributed by atoms with E-state index in [-0.39, 0.29) is 0 Å². The van der Waals surface area contributed by atoms with Crippen LogP contribution in [-0.2, 0) is 0 Å². The molecule has 0 spiro atoms. The van der Waals surface area contributed by atoms with Gasteiger partial charge >= 0.3 is 0 Å². The molecule has 1 aromatic heterocycles. The van der Waals surface area contributed by atoms with Gasteiger partial charge in [0.25, 0.3) is 0 Å². The molecule has 14 heavy (non-hydrogen) atoms. The Balaban J connectivity index is 2.14. The summed E-state index contributed by atoms with van der Waals surface area (Å²) < 4.78 is 0. The van der Waals surface area contributed by atoms with Crippen molar-refractivity contribution in [1.29, 1.82) is 0 Å². The molecule has 1 aliphatic heterocycles. The van der Waals surface area contributed by atoms with Gasteiger partial charge in [0.2, 0.25) is 0 Å². The van der Waals surface area contributed by atoms with Gasteiger partial charge in [0.1, 0.15) is 11.6 Å². The Morgan fingerprint density at radius 3 is 3.07 bits per heavy atom. The average molecular weight is 192 g/mol. The van der Waals surface area contributed by atoms with Gasteiger partial charge in [-0.25, -0.2) is 4.98 Å². The summed E-state index contributed by atoms with van der Waals surface area (Å²) in [6.07, 6.45) is 5.91. The third-order valence-electron chi connectivity index (χ3n) is 2.62. The highest BCUT2D eigenvalue weighted by molar-refractivity contribution is 5.41. The van der Waals surface area contributed by atoms with Crippen molar-refractivity contribution in [3.05, 3.63) is 12.4 Å². The fraction of sp³-hybridized carbons (Fsp3) is 0.600. The summed E-state index contributed by atoms with van der Waals surface area (Å²) >= 11 is 0. The van der Waals surface area contributed by atoms with Gasteiger partial charge in [0.05, 0.1) is 12.4 Å². The van der Waals surface area contributed by atoms with Gasteiger partial charge < -0.3 is 10.6 Å². The van der Waals surface area contributed by atoms with E-state index in [2.05, 4.69) is 21.8 Å². The van der Waals surface area contributed by atoms with E-state index in [1.807, 2.05) is 0 Å². The average Bonchev–Trinajstić information content (AvgIpc) is 2.18. The maximum Gasteiger partial charge on any atom is 0.149 e. The van der Waals surface area contributed by atoms with Gasteiger partial charge in [-0.15, -0.1) is 0 Å². The summed E-state index contributed by atoms with van der Waals surface area (Å²) in [6.45, 7) is 4.41. The van der Waals surface area contributed by atoms with Crippen molar-refractivity contribution in [1.82, 2.24) is 9.97 Å². The minimum absolute atomic E-state index is 0.501. The first-order valence-electron chi connectivity index (χ1n) is 5.08. The van der Waals surface area contributed by atoms with E-state index < -0.39 is 0 Å². The zero-order chi connectivity index (χ0) is 9.97. The molecule has 0 radical (unpaired) electrons. The molecule has 76 valence electrons. The van der Waals surface area contributed by atoms with Crippen molar-refractivity contribution in [3.63, 3.8) is 0 Å². The monoisotopic (exact) mass is 192 g/mol. The molecule has 4 heteroatoms. The van der Waals surface area contributed by atoms with Crippen LogP contribution in [0.25, 0.3) is 0 Å². The minimum Gasteiger partial charge on any atom is -0.382 e. The Bertz CT molecular complexity index is 313. The van der Waals surface area contributed by atoms with Crippen LogP contribution in [0.1, 0.15) is 19.8 Å². The summed E-state index contributed by atoms with van der Waals surface area (Å²) in [5.41, 5.74) is 5.60. The van der Waals surface area contributed by atoms with Crippen molar-refractivity contribution in [2.75, 3.05) is 23.7 Å². The molecular weight excluding hydrogens is 176 g/mol. The Morgan fingerprint density at radius 2 is 2.36 bits per heavy atom. The lowest BCUT2D eigenvalue weighted by Gasteiger charge is -2.31. The Kier molecular flexibility index (Phi) is 2.52. The van der Waals surface area contributed by atoms with Crippen LogP contribution >= 0.6 is 0 Å². The molecule has 2 rings (SSSR count). The van der Waals surface area contributed by atoms with Crippen LogP contribution in [0.4, 0.5) is 11.6 Å². The van der Waals surface area contributed by atoms with Gasteiger partial charge in [0, 0.05) is 13.1 Å². The lowest BCUT2D eigenvalue weighted by atomic mass is 10.0. The van der Waals surface area contributed by atoms with Gasteiger partial charge in [-0.1, -0.05) is 6.92 Å². The number of anilines is 2. The van der Waals surface area contributed by atoms with E-state index in [4.69, 9.17) is 5.73 Å². The first-order chi connectivity index (χ1) is 6.75. The smallest absolute Gasteiger partial charge is 0.149 e. The molecule has 1 aromatic rings. The normalized spacial score (nSPS) is 22.4. The number of piperidine rings is 1. The van der Waals surface area contributed by atoms with Crippen LogP contribution in [0.3, 0.4) is 0 Å². The van der Waals surface area contributed by atoms with Crippen LogP contribution in [0.2, 0.25) is 0 Å². The van der Waals surface area contributed by atoms with Gasteiger partial charge in [-0.05, 0) is 18.8 Å². The van der Waals surface area contributed by atoms with Crippen molar-refractivity contribution >= 4 is 11.6 Å². The number of nitrogen functional groups attached to an aromatic ring is 1. The van der Waals surface area contributed by atoms with Crippen LogP contribution in [0.5, 0.6) is 0 Å². The summed E-state index contributed by atoms with van der Waals surface area (Å²) in [4.78, 5) is 10.6. The molecule has 2 N–H and O–H groups in total. The minimum atomic E-state index is 0.501. The molecule has 1 atom stereocenters. The molecule has 1 saturated heterocycles. The lowest BCUT2D eigenvalue weighted by Crippen LogP contribution is -2.34. The van der Waals surface area contributed by atoms with Crippen LogP contribution in [-0.4, -0.2) is 23.1 Å². The molecule has 1 fully saturated rings. The van der Waals surface area contributed by atoms with E-state index in [0.717, 1.165) is 24.8 Å². The fourth-order valence-electron chi connectivity index (χ4n) is 1.92. The first kappa shape index (κ1) is 9.24. The fourth-order valence-corrected chi connectivity index (χ4v) is 1.92. The zero-order valence-corrected chi connectivity index (χ0v) is 8.48. The van der Waals surface area contributed by atoms with Crippen molar-refractivity contribution in [2.24, 2.45) is 5.92 Å². The van der Waals surface area contributed by atoms with Gasteiger partial charge in [-0.2, -0.15) is 0 Å². The Hall–Kier alpha value is -1.32. The first-order valence-corrected chi connectivity index (χ1v) is 5.08. The molecule has 0 aliphatic carbocycles. The Labute approximate surface area is 84.2 Å². The van der Waals surface area contributed by atoms with Crippen LogP contribution in [0, 0.1) is 5.92 Å². The third-order valence-corrected chi connectivity index (χ3v) is 2.62. The third kappa shape index (κ3) is 1.95. The van der Waals surface area contributed by atoms with Crippen molar-refractivity contribution in [2.45, 2.75) is 19.8 Å². The Morgan fingerprint density at radius 1 is 1.50 bits per heavy atom. The van der Waals surface area contributed by atoms with Crippen molar-refractivity contribution in [3.8, 4) is 0 Å². The second kappa shape index (κ2) is 3.82. The SMILES string of the molecule is CC1CCCN(c2cncc(N)n2)C1. The summed E-state index contributed by atoms with van der Waals surface area (Å²) in [5.74, 6) is 2.16. The molecule has 4 nitrogen and oxygen atoms in total. The quantitative estimate of drug-likeness (QED) is 0.728. The highest BCUT2D eigenvalue weighted by Crippen LogP contribution is 2.20. The van der Waals surface area contributed by atoms with E-state index >= 15 is 0 Å². The zero-order valence-electron chi connectivity index (χ0n) is 8.48. The second-order valence-electron chi connectivity index (χ2n) is 4.00. The maximum absolute atomic E-state index is 5.60. The summed E-state index contributed by atoms with van der Waals surface area (Å²) in [7, 11) is 0. The largest absolute Gasteiger partial charge is 0.382 e. The van der Waals surface area contributed by atoms with E-state index in [1.165, 1.54) is 12.8 Å². The highest BCUT2D eigenvalue weighted by Gasteiger charge is 2.17. The number of rotatable bonds is 1. The van der Waals surface area contributed by atoms with E-state index in [1.54, 1.807) is 12.4 Å². The summed E-state index contributed by atoms with van der Waals surface area (Å²) in [5, 5.41) is 0. The molecule has 1 aliphatic rings. The number of nitrogens with two attached hydrogens (primary N) is 1. The molecule has 0 amide bonds. The summed E-state index contributed by atoms with van der Waals surface area (Å²) in [6, 6.07) is 0. The van der Waals surface area contributed by atoms with E-state index in [0.29, 0.717) is 5.82 Å². The van der Waals surface area contributed by atoms with Gasteiger partial charge in [0.15, 0.2) is 0 Å².